The molecule has 1 amide bonds. The molecule has 6 nitrogen and oxygen atoms in total. The van der Waals surface area contributed by atoms with Crippen molar-refractivity contribution in [3.8, 4) is 11.5 Å². The standard InChI is InChI=1S/C20H18ClNO5/c1-13-9-20(24)27-18-6-5-16(11-17(13)18)26-12-19(23)22-7-8-25-15-4-2-3-14(21)10-15/h2-6,9-11H,7-8,12H2,1H3,(H,22,23). The second-order valence-electron chi connectivity index (χ2n) is 5.85. The van der Waals surface area contributed by atoms with Crippen LogP contribution in [0.25, 0.3) is 11.0 Å². The number of hydrogen-bond acceptors (Lipinski definition) is 5. The summed E-state index contributed by atoms with van der Waals surface area (Å²) >= 11 is 5.87. The van der Waals surface area contributed by atoms with E-state index in [0.29, 0.717) is 35.3 Å². The molecule has 3 rings (SSSR count). The number of hydrogen-bond donors (Lipinski definition) is 1. The number of halogens is 1. The van der Waals surface area contributed by atoms with Gasteiger partial charge in [0.1, 0.15) is 23.7 Å². The van der Waals surface area contributed by atoms with Gasteiger partial charge in [0.25, 0.3) is 5.91 Å². The molecule has 140 valence electrons. The molecule has 0 saturated heterocycles. The Morgan fingerprint density at radius 2 is 1.93 bits per heavy atom. The summed E-state index contributed by atoms with van der Waals surface area (Å²) in [7, 11) is 0. The van der Waals surface area contributed by atoms with Crippen molar-refractivity contribution in [2.24, 2.45) is 0 Å². The number of carbonyl (C=O) groups excluding carboxylic acids is 1. The van der Waals surface area contributed by atoms with Gasteiger partial charge in [0.05, 0.1) is 6.54 Å². The summed E-state index contributed by atoms with van der Waals surface area (Å²) in [6, 6.07) is 13.5. The second-order valence-corrected chi connectivity index (χ2v) is 6.29. The molecular weight excluding hydrogens is 370 g/mol. The number of aryl methyl sites for hydroxylation is 1. The van der Waals surface area contributed by atoms with E-state index in [-0.39, 0.29) is 12.5 Å². The Kier molecular flexibility index (Phi) is 5.98. The Labute approximate surface area is 160 Å². The molecule has 0 bridgehead atoms. The van der Waals surface area contributed by atoms with E-state index in [1.165, 1.54) is 6.07 Å². The van der Waals surface area contributed by atoms with Gasteiger partial charge in [-0.25, -0.2) is 4.79 Å². The predicted molar refractivity (Wildman–Crippen MR) is 103 cm³/mol. The summed E-state index contributed by atoms with van der Waals surface area (Å²) in [5, 5.41) is 4.07. The van der Waals surface area contributed by atoms with Crippen LogP contribution in [0.2, 0.25) is 5.02 Å². The first-order valence-corrected chi connectivity index (χ1v) is 8.71. The number of fused-ring (bicyclic) bond motifs is 1. The van der Waals surface area contributed by atoms with Gasteiger partial charge in [-0.2, -0.15) is 0 Å². The number of carbonyl (C=O) groups is 1. The van der Waals surface area contributed by atoms with E-state index in [4.69, 9.17) is 25.5 Å². The van der Waals surface area contributed by atoms with Crippen LogP contribution in [-0.2, 0) is 4.79 Å². The number of nitrogens with one attached hydrogen (secondary N) is 1. The van der Waals surface area contributed by atoms with Crippen molar-refractivity contribution in [2.45, 2.75) is 6.92 Å². The second kappa shape index (κ2) is 8.60. The van der Waals surface area contributed by atoms with Crippen LogP contribution in [0.4, 0.5) is 0 Å². The normalized spacial score (nSPS) is 10.6. The van der Waals surface area contributed by atoms with Crippen molar-refractivity contribution in [2.75, 3.05) is 19.8 Å². The van der Waals surface area contributed by atoms with Crippen molar-refractivity contribution in [3.05, 3.63) is 69.5 Å². The smallest absolute Gasteiger partial charge is 0.336 e. The Balaban J connectivity index is 1.46. The molecule has 0 radical (unpaired) electrons. The maximum Gasteiger partial charge on any atom is 0.336 e. The fourth-order valence-electron chi connectivity index (χ4n) is 2.50. The van der Waals surface area contributed by atoms with Gasteiger partial charge in [0.2, 0.25) is 0 Å². The molecule has 0 saturated carbocycles. The highest BCUT2D eigenvalue weighted by Crippen LogP contribution is 2.22. The quantitative estimate of drug-likeness (QED) is 0.497. The SMILES string of the molecule is Cc1cc(=O)oc2ccc(OCC(=O)NCCOc3cccc(Cl)c3)cc12. The molecule has 1 heterocycles. The van der Waals surface area contributed by atoms with Gasteiger partial charge in [0, 0.05) is 16.5 Å². The molecule has 3 aromatic rings. The molecule has 0 fully saturated rings. The third-order valence-electron chi connectivity index (χ3n) is 3.78. The van der Waals surface area contributed by atoms with Crippen LogP contribution in [0.15, 0.2) is 57.7 Å². The maximum atomic E-state index is 11.9. The van der Waals surface area contributed by atoms with Gasteiger partial charge in [-0.05, 0) is 48.9 Å². The predicted octanol–water partition coefficient (Wildman–Crippen LogP) is 3.33. The lowest BCUT2D eigenvalue weighted by Gasteiger charge is -2.10. The Hall–Kier alpha value is -2.99. The van der Waals surface area contributed by atoms with E-state index < -0.39 is 5.63 Å². The van der Waals surface area contributed by atoms with Gasteiger partial charge in [0.15, 0.2) is 6.61 Å². The molecule has 0 aliphatic carbocycles. The molecule has 0 aliphatic heterocycles. The fourth-order valence-corrected chi connectivity index (χ4v) is 2.68. The lowest BCUT2D eigenvalue weighted by molar-refractivity contribution is -0.123. The summed E-state index contributed by atoms with van der Waals surface area (Å²) in [4.78, 5) is 23.3. The lowest BCUT2D eigenvalue weighted by atomic mass is 10.1. The van der Waals surface area contributed by atoms with Crippen LogP contribution < -0.4 is 20.4 Å². The minimum absolute atomic E-state index is 0.126. The Bertz CT molecular complexity index is 1010. The average Bonchev–Trinajstić information content (AvgIpc) is 2.64. The summed E-state index contributed by atoms with van der Waals surface area (Å²) in [6.45, 7) is 2.35. The Morgan fingerprint density at radius 3 is 2.74 bits per heavy atom. The molecule has 1 N–H and O–H groups in total. The molecule has 0 aliphatic rings. The maximum absolute atomic E-state index is 11.9. The largest absolute Gasteiger partial charge is 0.492 e. The van der Waals surface area contributed by atoms with Crippen molar-refractivity contribution in [1.29, 1.82) is 0 Å². The van der Waals surface area contributed by atoms with E-state index in [1.54, 1.807) is 42.5 Å². The van der Waals surface area contributed by atoms with Crippen molar-refractivity contribution >= 4 is 28.5 Å². The van der Waals surface area contributed by atoms with Crippen molar-refractivity contribution in [3.63, 3.8) is 0 Å². The number of ether oxygens (including phenoxy) is 2. The number of benzene rings is 2. The highest BCUT2D eigenvalue weighted by atomic mass is 35.5. The van der Waals surface area contributed by atoms with E-state index in [0.717, 1.165) is 10.9 Å². The topological polar surface area (TPSA) is 77.8 Å². The van der Waals surface area contributed by atoms with Gasteiger partial charge in [-0.15, -0.1) is 0 Å². The number of amides is 1. The third-order valence-corrected chi connectivity index (χ3v) is 4.01. The number of rotatable bonds is 7. The minimum Gasteiger partial charge on any atom is -0.492 e. The van der Waals surface area contributed by atoms with Crippen LogP contribution in [0, 0.1) is 6.92 Å². The molecular formula is C20H18ClNO5. The zero-order valence-corrected chi connectivity index (χ0v) is 15.4. The zero-order valence-electron chi connectivity index (χ0n) is 14.7. The van der Waals surface area contributed by atoms with Crippen molar-refractivity contribution in [1.82, 2.24) is 5.32 Å². The molecule has 7 heteroatoms. The third kappa shape index (κ3) is 5.24. The van der Waals surface area contributed by atoms with Crippen LogP contribution in [0.5, 0.6) is 11.5 Å². The van der Waals surface area contributed by atoms with E-state index in [2.05, 4.69) is 5.32 Å². The van der Waals surface area contributed by atoms with Crippen LogP contribution in [0.1, 0.15) is 5.56 Å². The van der Waals surface area contributed by atoms with Gasteiger partial charge < -0.3 is 19.2 Å². The molecule has 2 aromatic carbocycles. The fraction of sp³-hybridized carbons (Fsp3) is 0.200. The molecule has 0 atom stereocenters. The Morgan fingerprint density at radius 1 is 1.11 bits per heavy atom. The summed E-state index contributed by atoms with van der Waals surface area (Å²) in [5.41, 5.74) is 0.873. The van der Waals surface area contributed by atoms with Gasteiger partial charge >= 0.3 is 5.63 Å². The first-order valence-electron chi connectivity index (χ1n) is 8.33. The van der Waals surface area contributed by atoms with Crippen LogP contribution in [0.3, 0.4) is 0 Å². The summed E-state index contributed by atoms with van der Waals surface area (Å²) in [5.74, 6) is 0.900. The van der Waals surface area contributed by atoms with Crippen LogP contribution >= 0.6 is 11.6 Å². The first-order chi connectivity index (χ1) is 13.0. The highest BCUT2D eigenvalue weighted by Gasteiger charge is 2.06. The minimum atomic E-state index is -0.395. The van der Waals surface area contributed by atoms with E-state index in [9.17, 15) is 9.59 Å². The summed E-state index contributed by atoms with van der Waals surface area (Å²) in [6.07, 6.45) is 0. The molecule has 27 heavy (non-hydrogen) atoms. The molecule has 0 spiro atoms. The van der Waals surface area contributed by atoms with Gasteiger partial charge in [-0.1, -0.05) is 17.7 Å². The van der Waals surface area contributed by atoms with E-state index in [1.807, 2.05) is 6.92 Å². The molecule has 1 aromatic heterocycles. The van der Waals surface area contributed by atoms with Crippen molar-refractivity contribution < 1.29 is 18.7 Å². The average molecular weight is 388 g/mol. The van der Waals surface area contributed by atoms with E-state index >= 15 is 0 Å². The lowest BCUT2D eigenvalue weighted by Crippen LogP contribution is -2.32. The zero-order chi connectivity index (χ0) is 19.2. The first kappa shape index (κ1) is 18.8. The van der Waals surface area contributed by atoms with Gasteiger partial charge in [-0.3, -0.25) is 4.79 Å². The monoisotopic (exact) mass is 387 g/mol. The molecule has 0 unspecified atom stereocenters. The van der Waals surface area contributed by atoms with Crippen LogP contribution in [-0.4, -0.2) is 25.7 Å². The highest BCUT2D eigenvalue weighted by molar-refractivity contribution is 6.30. The summed E-state index contributed by atoms with van der Waals surface area (Å²) < 4.78 is 16.1.